The molecule has 102 valence electrons. The van der Waals surface area contributed by atoms with Crippen LogP contribution in [0.25, 0.3) is 0 Å². The largest absolute Gasteiger partial charge is 0.488 e. The van der Waals surface area contributed by atoms with E-state index in [4.69, 9.17) is 26.2 Å². The van der Waals surface area contributed by atoms with Gasteiger partial charge in [0.15, 0.2) is 5.75 Å². The van der Waals surface area contributed by atoms with Gasteiger partial charge in [0.25, 0.3) is 0 Å². The van der Waals surface area contributed by atoms with Crippen LogP contribution in [0, 0.1) is 0 Å². The molecule has 18 heavy (non-hydrogen) atoms. The first kappa shape index (κ1) is 15.7. The predicted molar refractivity (Wildman–Crippen MR) is 72.5 cm³/mol. The summed E-state index contributed by atoms with van der Waals surface area (Å²) in [5, 5.41) is 5.28. The number of ether oxygens (including phenoxy) is 2. The Hall–Kier alpha value is -0.340. The summed E-state index contributed by atoms with van der Waals surface area (Å²) < 4.78 is 33.8. The van der Waals surface area contributed by atoms with Gasteiger partial charge in [-0.05, 0) is 19.1 Å². The number of methoxy groups -OCH3 is 1. The Morgan fingerprint density at radius 2 is 2.11 bits per heavy atom. The van der Waals surface area contributed by atoms with E-state index in [9.17, 15) is 8.42 Å². The van der Waals surface area contributed by atoms with Crippen molar-refractivity contribution in [2.75, 3.05) is 13.7 Å². The van der Waals surface area contributed by atoms with E-state index < -0.39 is 10.0 Å². The molecule has 1 aromatic carbocycles. The maximum Gasteiger partial charge on any atom is 0.241 e. The molecule has 0 aliphatic rings. The number of primary sulfonamides is 1. The monoisotopic (exact) mass is 357 g/mol. The third-order valence-electron chi connectivity index (χ3n) is 2.15. The van der Waals surface area contributed by atoms with Gasteiger partial charge in [0.05, 0.1) is 11.1 Å². The van der Waals surface area contributed by atoms with E-state index in [1.54, 1.807) is 6.92 Å². The summed E-state index contributed by atoms with van der Waals surface area (Å²) in [6, 6.07) is 2.87. The highest BCUT2D eigenvalue weighted by Gasteiger charge is 2.20. The first-order chi connectivity index (χ1) is 8.25. The molecule has 0 spiro atoms. The van der Waals surface area contributed by atoms with Crippen LogP contribution >= 0.6 is 27.5 Å². The van der Waals surface area contributed by atoms with Gasteiger partial charge in [-0.25, -0.2) is 13.6 Å². The lowest BCUT2D eigenvalue weighted by Crippen LogP contribution is -2.19. The average Bonchev–Trinajstić information content (AvgIpc) is 2.25. The van der Waals surface area contributed by atoms with Crippen molar-refractivity contribution in [2.24, 2.45) is 5.14 Å². The van der Waals surface area contributed by atoms with E-state index in [0.29, 0.717) is 4.47 Å². The van der Waals surface area contributed by atoms with Crippen LogP contribution in [-0.2, 0) is 14.8 Å². The Morgan fingerprint density at radius 1 is 1.50 bits per heavy atom. The molecule has 0 radical (unpaired) electrons. The Morgan fingerprint density at radius 3 is 2.61 bits per heavy atom. The van der Waals surface area contributed by atoms with E-state index in [0.717, 1.165) is 0 Å². The van der Waals surface area contributed by atoms with E-state index in [2.05, 4.69) is 15.9 Å². The fraction of sp³-hybridized carbons (Fsp3) is 0.400. The number of hydrogen-bond acceptors (Lipinski definition) is 4. The second kappa shape index (κ2) is 6.21. The van der Waals surface area contributed by atoms with Gasteiger partial charge in [-0.1, -0.05) is 27.5 Å². The van der Waals surface area contributed by atoms with Gasteiger partial charge in [-0.2, -0.15) is 0 Å². The standard InChI is InChI=1S/C10H13BrClNO4S/c1-6(16-2)5-17-10-8(12)3-7(11)4-9(10)18(13,14)15/h3-4,6H,5H2,1-2H3,(H2,13,14,15). The number of benzene rings is 1. The molecular formula is C10H13BrClNO4S. The summed E-state index contributed by atoms with van der Waals surface area (Å²) >= 11 is 9.10. The van der Waals surface area contributed by atoms with Crippen LogP contribution in [0.4, 0.5) is 0 Å². The van der Waals surface area contributed by atoms with Gasteiger partial charge in [0.2, 0.25) is 10.0 Å². The molecule has 0 bridgehead atoms. The third-order valence-corrected chi connectivity index (χ3v) is 3.80. The molecule has 0 saturated carbocycles. The molecule has 1 unspecified atom stereocenters. The highest BCUT2D eigenvalue weighted by Crippen LogP contribution is 2.35. The minimum Gasteiger partial charge on any atom is -0.488 e. The van der Waals surface area contributed by atoms with Gasteiger partial charge in [0, 0.05) is 11.6 Å². The lowest BCUT2D eigenvalue weighted by atomic mass is 10.3. The van der Waals surface area contributed by atoms with E-state index >= 15 is 0 Å². The van der Waals surface area contributed by atoms with Crippen LogP contribution < -0.4 is 9.88 Å². The minimum absolute atomic E-state index is 0.0336. The smallest absolute Gasteiger partial charge is 0.241 e. The van der Waals surface area contributed by atoms with Crippen molar-refractivity contribution in [1.82, 2.24) is 0 Å². The Labute approximate surface area is 119 Å². The zero-order valence-corrected chi connectivity index (χ0v) is 13.0. The highest BCUT2D eigenvalue weighted by atomic mass is 79.9. The molecule has 1 atom stereocenters. The molecular weight excluding hydrogens is 346 g/mol. The number of halogens is 2. The van der Waals surface area contributed by atoms with Crippen molar-refractivity contribution in [3.63, 3.8) is 0 Å². The summed E-state index contributed by atoms with van der Waals surface area (Å²) in [5.41, 5.74) is 0. The van der Waals surface area contributed by atoms with Gasteiger partial charge in [-0.15, -0.1) is 0 Å². The molecule has 0 amide bonds. The molecule has 0 aliphatic heterocycles. The van der Waals surface area contributed by atoms with E-state index in [1.807, 2.05) is 0 Å². The number of hydrogen-bond donors (Lipinski definition) is 1. The second-order valence-electron chi connectivity index (χ2n) is 3.62. The molecule has 0 aromatic heterocycles. The average molecular weight is 359 g/mol. The van der Waals surface area contributed by atoms with Gasteiger partial charge in [-0.3, -0.25) is 0 Å². The van der Waals surface area contributed by atoms with Crippen LogP contribution in [0.2, 0.25) is 5.02 Å². The minimum atomic E-state index is -3.91. The topological polar surface area (TPSA) is 78.6 Å². The maximum absolute atomic E-state index is 11.5. The number of sulfonamides is 1. The first-order valence-electron chi connectivity index (χ1n) is 4.93. The molecule has 8 heteroatoms. The van der Waals surface area contributed by atoms with Crippen molar-refractivity contribution in [1.29, 1.82) is 0 Å². The highest BCUT2D eigenvalue weighted by molar-refractivity contribution is 9.10. The molecule has 0 heterocycles. The summed E-state index contributed by atoms with van der Waals surface area (Å²) in [6.45, 7) is 1.95. The summed E-state index contributed by atoms with van der Waals surface area (Å²) in [7, 11) is -2.39. The molecule has 1 aromatic rings. The Bertz CT molecular complexity index is 535. The van der Waals surface area contributed by atoms with Crippen molar-refractivity contribution in [3.05, 3.63) is 21.6 Å². The van der Waals surface area contributed by atoms with Crippen LogP contribution in [0.5, 0.6) is 5.75 Å². The molecule has 1 rings (SSSR count). The first-order valence-corrected chi connectivity index (χ1v) is 7.65. The van der Waals surface area contributed by atoms with E-state index in [-0.39, 0.29) is 28.4 Å². The summed E-state index contributed by atoms with van der Waals surface area (Å²) in [5.74, 6) is 0.0336. The SMILES string of the molecule is COC(C)COc1c(Cl)cc(Br)cc1S(N)(=O)=O. The van der Waals surface area contributed by atoms with E-state index in [1.165, 1.54) is 19.2 Å². The normalized spacial score (nSPS) is 13.4. The Balaban J connectivity index is 3.17. The van der Waals surface area contributed by atoms with Crippen molar-refractivity contribution < 1.29 is 17.9 Å². The van der Waals surface area contributed by atoms with Crippen molar-refractivity contribution in [3.8, 4) is 5.75 Å². The number of rotatable bonds is 5. The second-order valence-corrected chi connectivity index (χ2v) is 6.47. The quantitative estimate of drug-likeness (QED) is 0.875. The van der Waals surface area contributed by atoms with Crippen LogP contribution in [0.1, 0.15) is 6.92 Å². The lowest BCUT2D eigenvalue weighted by Gasteiger charge is -2.15. The van der Waals surface area contributed by atoms with Crippen LogP contribution in [-0.4, -0.2) is 28.2 Å². The summed E-state index contributed by atoms with van der Waals surface area (Å²) in [6.07, 6.45) is -0.196. The fourth-order valence-corrected chi connectivity index (χ4v) is 2.95. The zero-order chi connectivity index (χ0) is 13.9. The van der Waals surface area contributed by atoms with Crippen molar-refractivity contribution >= 4 is 37.6 Å². The van der Waals surface area contributed by atoms with Crippen molar-refractivity contribution in [2.45, 2.75) is 17.9 Å². The fourth-order valence-electron chi connectivity index (χ4n) is 1.16. The van der Waals surface area contributed by atoms with Gasteiger partial charge >= 0.3 is 0 Å². The lowest BCUT2D eigenvalue weighted by molar-refractivity contribution is 0.0706. The molecule has 0 fully saturated rings. The third kappa shape index (κ3) is 4.10. The number of nitrogens with two attached hydrogens (primary N) is 1. The zero-order valence-electron chi connectivity index (χ0n) is 9.81. The van der Waals surface area contributed by atoms with Gasteiger partial charge in [0.1, 0.15) is 11.5 Å². The molecule has 5 nitrogen and oxygen atoms in total. The Kier molecular flexibility index (Phi) is 5.42. The summed E-state index contributed by atoms with van der Waals surface area (Å²) in [4.78, 5) is -0.162. The van der Waals surface area contributed by atoms with Crippen LogP contribution in [0.15, 0.2) is 21.5 Å². The van der Waals surface area contributed by atoms with Gasteiger partial charge < -0.3 is 9.47 Å². The molecule has 0 aliphatic carbocycles. The molecule has 2 N–H and O–H groups in total. The van der Waals surface area contributed by atoms with Crippen LogP contribution in [0.3, 0.4) is 0 Å². The molecule has 0 saturated heterocycles. The predicted octanol–water partition coefficient (Wildman–Crippen LogP) is 2.16. The maximum atomic E-state index is 11.5.